The molecule has 0 atom stereocenters. The fourth-order valence-corrected chi connectivity index (χ4v) is 2.60. The third kappa shape index (κ3) is 3.16. The van der Waals surface area contributed by atoms with Gasteiger partial charge in [0.2, 0.25) is 0 Å². The van der Waals surface area contributed by atoms with Crippen molar-refractivity contribution in [2.75, 3.05) is 0 Å². The molecule has 3 nitrogen and oxygen atoms in total. The first-order chi connectivity index (χ1) is 9.49. The Balaban J connectivity index is 2.06. The molecule has 0 saturated heterocycles. The molecule has 1 heterocycles. The Bertz CT molecular complexity index is 586. The molecule has 0 amide bonds. The molecule has 106 valence electrons. The molecule has 20 heavy (non-hydrogen) atoms. The highest BCUT2D eigenvalue weighted by Crippen LogP contribution is 2.23. The summed E-state index contributed by atoms with van der Waals surface area (Å²) in [5, 5.41) is 0. The average molecular weight is 270 g/mol. The van der Waals surface area contributed by atoms with Gasteiger partial charge in [0.25, 0.3) is 0 Å². The number of rotatable bonds is 5. The van der Waals surface area contributed by atoms with E-state index in [0.717, 1.165) is 6.42 Å². The number of ketones is 1. The maximum atomic E-state index is 12.0. The zero-order valence-electron chi connectivity index (χ0n) is 12.7. The van der Waals surface area contributed by atoms with Crippen molar-refractivity contribution in [3.8, 4) is 0 Å². The van der Waals surface area contributed by atoms with Crippen LogP contribution in [0.4, 0.5) is 0 Å². The van der Waals surface area contributed by atoms with Crippen LogP contribution in [-0.4, -0.2) is 15.3 Å². The SMILES string of the molecule is Cc1cc(C)c(C)c(CCC(=O)Cn2ccnc2)c1C. The number of nitrogens with zero attached hydrogens (tertiary/aromatic N) is 2. The van der Waals surface area contributed by atoms with Gasteiger partial charge in [-0.05, 0) is 61.9 Å². The molecule has 0 fully saturated rings. The van der Waals surface area contributed by atoms with E-state index in [2.05, 4.69) is 38.7 Å². The first-order valence-electron chi connectivity index (χ1n) is 7.02. The lowest BCUT2D eigenvalue weighted by Gasteiger charge is -2.15. The highest BCUT2D eigenvalue weighted by Gasteiger charge is 2.10. The third-order valence-corrected chi connectivity index (χ3v) is 4.09. The fraction of sp³-hybridized carbons (Fsp3) is 0.412. The van der Waals surface area contributed by atoms with E-state index < -0.39 is 0 Å². The molecule has 2 aromatic rings. The summed E-state index contributed by atoms with van der Waals surface area (Å²) >= 11 is 0. The molecule has 0 N–H and O–H groups in total. The number of aryl methyl sites for hydroxylation is 2. The minimum Gasteiger partial charge on any atom is -0.330 e. The fourth-order valence-electron chi connectivity index (χ4n) is 2.60. The standard InChI is InChI=1S/C17H22N2O/c1-12-9-13(2)15(4)17(14(12)3)6-5-16(20)10-19-8-7-18-11-19/h7-9,11H,5-6,10H2,1-4H3. The van der Waals surface area contributed by atoms with Crippen LogP contribution >= 0.6 is 0 Å². The summed E-state index contributed by atoms with van der Waals surface area (Å²) < 4.78 is 1.82. The minimum atomic E-state index is 0.251. The predicted molar refractivity (Wildman–Crippen MR) is 80.9 cm³/mol. The Morgan fingerprint density at radius 2 is 1.80 bits per heavy atom. The Hall–Kier alpha value is -1.90. The summed E-state index contributed by atoms with van der Waals surface area (Å²) in [7, 11) is 0. The van der Waals surface area contributed by atoms with Crippen LogP contribution in [0.25, 0.3) is 0 Å². The Morgan fingerprint density at radius 3 is 2.35 bits per heavy atom. The van der Waals surface area contributed by atoms with Crippen molar-refractivity contribution in [3.63, 3.8) is 0 Å². The zero-order chi connectivity index (χ0) is 14.7. The second-order valence-corrected chi connectivity index (χ2v) is 5.51. The van der Waals surface area contributed by atoms with Crippen LogP contribution in [0.3, 0.4) is 0 Å². The van der Waals surface area contributed by atoms with Gasteiger partial charge in [0, 0.05) is 18.8 Å². The van der Waals surface area contributed by atoms with Crippen LogP contribution in [-0.2, 0) is 17.8 Å². The van der Waals surface area contributed by atoms with Gasteiger partial charge in [0.1, 0.15) is 0 Å². The van der Waals surface area contributed by atoms with Gasteiger partial charge >= 0.3 is 0 Å². The van der Waals surface area contributed by atoms with E-state index in [1.54, 1.807) is 12.5 Å². The van der Waals surface area contributed by atoms with Gasteiger partial charge in [-0.3, -0.25) is 4.79 Å². The average Bonchev–Trinajstić information content (AvgIpc) is 2.89. The lowest BCUT2D eigenvalue weighted by molar-refractivity contribution is -0.119. The second kappa shape index (κ2) is 6.04. The maximum Gasteiger partial charge on any atom is 0.152 e. The molecule has 0 aliphatic rings. The van der Waals surface area contributed by atoms with Crippen LogP contribution in [0, 0.1) is 27.7 Å². The van der Waals surface area contributed by atoms with E-state index in [-0.39, 0.29) is 5.78 Å². The molecule has 0 unspecified atom stereocenters. The normalized spacial score (nSPS) is 10.8. The quantitative estimate of drug-likeness (QED) is 0.835. The molecule has 0 saturated carbocycles. The minimum absolute atomic E-state index is 0.251. The number of imidazole rings is 1. The monoisotopic (exact) mass is 270 g/mol. The number of hydrogen-bond acceptors (Lipinski definition) is 2. The van der Waals surface area contributed by atoms with Crippen molar-refractivity contribution in [3.05, 3.63) is 52.6 Å². The van der Waals surface area contributed by atoms with E-state index in [9.17, 15) is 4.79 Å². The van der Waals surface area contributed by atoms with E-state index in [1.165, 1.54) is 27.8 Å². The lowest BCUT2D eigenvalue weighted by Crippen LogP contribution is -2.10. The van der Waals surface area contributed by atoms with Crippen molar-refractivity contribution in [1.82, 2.24) is 9.55 Å². The van der Waals surface area contributed by atoms with Crippen LogP contribution in [0.5, 0.6) is 0 Å². The maximum absolute atomic E-state index is 12.0. The second-order valence-electron chi connectivity index (χ2n) is 5.51. The summed E-state index contributed by atoms with van der Waals surface area (Å²) in [6, 6.07) is 2.22. The molecule has 0 bridgehead atoms. The van der Waals surface area contributed by atoms with Gasteiger partial charge in [0.15, 0.2) is 5.78 Å². The molecule has 0 radical (unpaired) electrons. The molecule has 1 aromatic heterocycles. The molecule has 0 spiro atoms. The van der Waals surface area contributed by atoms with E-state index in [1.807, 2.05) is 10.8 Å². The van der Waals surface area contributed by atoms with Crippen LogP contribution in [0.1, 0.15) is 34.2 Å². The van der Waals surface area contributed by atoms with E-state index in [4.69, 9.17) is 0 Å². The molecular formula is C17H22N2O. The van der Waals surface area contributed by atoms with Gasteiger partial charge in [-0.25, -0.2) is 4.98 Å². The number of carbonyl (C=O) groups excluding carboxylic acids is 1. The smallest absolute Gasteiger partial charge is 0.152 e. The number of aromatic nitrogens is 2. The van der Waals surface area contributed by atoms with Crippen molar-refractivity contribution in [1.29, 1.82) is 0 Å². The highest BCUT2D eigenvalue weighted by molar-refractivity contribution is 5.78. The Morgan fingerprint density at radius 1 is 1.15 bits per heavy atom. The van der Waals surface area contributed by atoms with Gasteiger partial charge in [0.05, 0.1) is 12.9 Å². The summed E-state index contributed by atoms with van der Waals surface area (Å²) in [6.45, 7) is 9.00. The van der Waals surface area contributed by atoms with Gasteiger partial charge in [-0.2, -0.15) is 0 Å². The predicted octanol–water partition coefficient (Wildman–Crippen LogP) is 3.32. The summed E-state index contributed by atoms with van der Waals surface area (Å²) in [4.78, 5) is 16.0. The summed E-state index contributed by atoms with van der Waals surface area (Å²) in [5.74, 6) is 0.251. The zero-order valence-corrected chi connectivity index (χ0v) is 12.7. The molecule has 2 rings (SSSR count). The summed E-state index contributed by atoms with van der Waals surface area (Å²) in [6.07, 6.45) is 6.62. The molecule has 0 aliphatic carbocycles. The Kier molecular flexibility index (Phi) is 4.38. The van der Waals surface area contributed by atoms with Crippen molar-refractivity contribution < 1.29 is 4.79 Å². The first-order valence-corrected chi connectivity index (χ1v) is 7.02. The van der Waals surface area contributed by atoms with Crippen LogP contribution in [0.2, 0.25) is 0 Å². The summed E-state index contributed by atoms with van der Waals surface area (Å²) in [5.41, 5.74) is 6.60. The first kappa shape index (κ1) is 14.5. The van der Waals surface area contributed by atoms with Crippen molar-refractivity contribution in [2.24, 2.45) is 0 Å². The van der Waals surface area contributed by atoms with Crippen molar-refractivity contribution >= 4 is 5.78 Å². The van der Waals surface area contributed by atoms with Gasteiger partial charge in [-0.1, -0.05) is 6.07 Å². The van der Waals surface area contributed by atoms with Crippen LogP contribution in [0.15, 0.2) is 24.8 Å². The third-order valence-electron chi connectivity index (χ3n) is 4.09. The largest absolute Gasteiger partial charge is 0.330 e. The molecule has 1 aromatic carbocycles. The number of hydrogen-bond donors (Lipinski definition) is 0. The highest BCUT2D eigenvalue weighted by atomic mass is 16.1. The molecule has 0 aliphatic heterocycles. The van der Waals surface area contributed by atoms with Crippen LogP contribution < -0.4 is 0 Å². The lowest BCUT2D eigenvalue weighted by atomic mass is 9.91. The number of Topliss-reactive ketones (excluding diaryl/α,β-unsaturated/α-hetero) is 1. The van der Waals surface area contributed by atoms with E-state index in [0.29, 0.717) is 13.0 Å². The molecular weight excluding hydrogens is 248 g/mol. The topological polar surface area (TPSA) is 34.9 Å². The number of carbonyl (C=O) groups is 1. The number of benzene rings is 1. The van der Waals surface area contributed by atoms with E-state index >= 15 is 0 Å². The molecule has 3 heteroatoms. The Labute approximate surface area is 120 Å². The van der Waals surface area contributed by atoms with Gasteiger partial charge < -0.3 is 4.57 Å². The van der Waals surface area contributed by atoms with Gasteiger partial charge in [-0.15, -0.1) is 0 Å². The van der Waals surface area contributed by atoms with Crippen molar-refractivity contribution in [2.45, 2.75) is 47.1 Å².